The van der Waals surface area contributed by atoms with Crippen LogP contribution in [0.5, 0.6) is 5.75 Å². The van der Waals surface area contributed by atoms with Crippen LogP contribution in [0.25, 0.3) is 0 Å². The molecule has 3 N–H and O–H groups in total. The van der Waals surface area contributed by atoms with Gasteiger partial charge in [0.25, 0.3) is 5.91 Å². The summed E-state index contributed by atoms with van der Waals surface area (Å²) in [5.74, 6) is -0.0467. The van der Waals surface area contributed by atoms with Crippen molar-refractivity contribution in [2.75, 3.05) is 19.7 Å². The maximum atomic E-state index is 12.7. The molecule has 2 rings (SSSR count). The highest BCUT2D eigenvalue weighted by Crippen LogP contribution is 2.26. The summed E-state index contributed by atoms with van der Waals surface area (Å²) >= 11 is 8.91. The number of rotatable bonds is 11. The molecule has 0 bridgehead atoms. The molecule has 6 nitrogen and oxygen atoms in total. The molecular formula is C23H28BrN3O3S. The van der Waals surface area contributed by atoms with Gasteiger partial charge in [-0.2, -0.15) is 0 Å². The third kappa shape index (κ3) is 8.67. The number of nitrogens with two attached hydrogens (primary N) is 1. The maximum Gasteiger partial charge on any atom is 0.257 e. The highest BCUT2D eigenvalue weighted by Gasteiger charge is 2.16. The Bertz CT molecular complexity index is 893. The van der Waals surface area contributed by atoms with Crippen molar-refractivity contribution in [3.05, 3.63) is 64.1 Å². The van der Waals surface area contributed by atoms with Gasteiger partial charge in [-0.05, 0) is 64.8 Å². The topological polar surface area (TPSA) is 84.7 Å². The molecule has 0 saturated carbocycles. The van der Waals surface area contributed by atoms with Gasteiger partial charge in [-0.1, -0.05) is 43.7 Å². The van der Waals surface area contributed by atoms with E-state index in [0.29, 0.717) is 35.5 Å². The third-order valence-corrected chi connectivity index (χ3v) is 5.58. The number of unbranched alkanes of at least 4 members (excludes halogenated alkanes) is 1. The van der Waals surface area contributed by atoms with Crippen molar-refractivity contribution in [1.82, 2.24) is 10.2 Å². The zero-order chi connectivity index (χ0) is 22.6. The Morgan fingerprint density at radius 1 is 1.16 bits per heavy atom. The number of nitrogens with zero attached hydrogens (tertiary/aromatic N) is 1. The van der Waals surface area contributed by atoms with Crippen LogP contribution in [0.4, 0.5) is 0 Å². The Morgan fingerprint density at radius 2 is 1.90 bits per heavy atom. The lowest BCUT2D eigenvalue weighted by Crippen LogP contribution is -2.44. The standard InChI is InChI=1S/C23H28BrN3O3S/c1-2-3-15-30-20-10-9-18(16-19(20)24)22(29)26-23(31)27(14-12-21(25)28)13-11-17-7-5-4-6-8-17/h4-10,16H,2-3,11-15H2,1H3,(H2,25,28)(H,26,29,31). The molecule has 0 fully saturated rings. The van der Waals surface area contributed by atoms with Crippen LogP contribution in [0.1, 0.15) is 42.1 Å². The molecule has 0 radical (unpaired) electrons. The first-order chi connectivity index (χ1) is 14.9. The molecular weight excluding hydrogens is 478 g/mol. The molecule has 0 spiro atoms. The largest absolute Gasteiger partial charge is 0.492 e. The molecule has 0 atom stereocenters. The Balaban J connectivity index is 2.00. The van der Waals surface area contributed by atoms with E-state index in [1.807, 2.05) is 30.3 Å². The Kier molecular flexibility index (Phi) is 10.5. The SMILES string of the molecule is CCCCOc1ccc(C(=O)NC(=S)N(CCC(N)=O)CCc2ccccc2)cc1Br. The highest BCUT2D eigenvalue weighted by molar-refractivity contribution is 9.10. The summed E-state index contributed by atoms with van der Waals surface area (Å²) < 4.78 is 6.41. The summed E-state index contributed by atoms with van der Waals surface area (Å²) in [6, 6.07) is 15.1. The fraction of sp³-hybridized carbons (Fsp3) is 0.348. The predicted octanol–water partition coefficient (Wildman–Crippen LogP) is 4.06. The molecule has 0 heterocycles. The fourth-order valence-corrected chi connectivity index (χ4v) is 3.57. The van der Waals surface area contributed by atoms with E-state index in [1.54, 1.807) is 23.1 Å². The van der Waals surface area contributed by atoms with Crippen molar-refractivity contribution in [3.8, 4) is 5.75 Å². The van der Waals surface area contributed by atoms with Crippen LogP contribution in [0.15, 0.2) is 53.0 Å². The first-order valence-electron chi connectivity index (χ1n) is 10.3. The lowest BCUT2D eigenvalue weighted by molar-refractivity contribution is -0.118. The average Bonchev–Trinajstić information content (AvgIpc) is 2.75. The van der Waals surface area contributed by atoms with E-state index in [-0.39, 0.29) is 17.4 Å². The van der Waals surface area contributed by atoms with Gasteiger partial charge in [0, 0.05) is 25.1 Å². The molecule has 0 aliphatic rings. The van der Waals surface area contributed by atoms with Crippen molar-refractivity contribution < 1.29 is 14.3 Å². The quantitative estimate of drug-likeness (QED) is 0.355. The van der Waals surface area contributed by atoms with Crippen LogP contribution in [-0.2, 0) is 11.2 Å². The number of primary amides is 1. The van der Waals surface area contributed by atoms with E-state index in [1.165, 1.54) is 0 Å². The molecule has 0 unspecified atom stereocenters. The van der Waals surface area contributed by atoms with Gasteiger partial charge in [0.15, 0.2) is 5.11 Å². The fourth-order valence-electron chi connectivity index (χ4n) is 2.80. The maximum absolute atomic E-state index is 12.7. The smallest absolute Gasteiger partial charge is 0.257 e. The first-order valence-corrected chi connectivity index (χ1v) is 11.5. The number of carbonyl (C=O) groups is 2. The van der Waals surface area contributed by atoms with Gasteiger partial charge in [0.1, 0.15) is 5.75 Å². The van der Waals surface area contributed by atoms with Crippen molar-refractivity contribution in [2.45, 2.75) is 32.6 Å². The number of nitrogens with one attached hydrogen (secondary N) is 1. The van der Waals surface area contributed by atoms with Crippen molar-refractivity contribution in [3.63, 3.8) is 0 Å². The summed E-state index contributed by atoms with van der Waals surface area (Å²) in [6.45, 7) is 3.63. The van der Waals surface area contributed by atoms with E-state index < -0.39 is 5.91 Å². The summed E-state index contributed by atoms with van der Waals surface area (Å²) in [5.41, 5.74) is 6.90. The van der Waals surface area contributed by atoms with E-state index in [4.69, 9.17) is 22.7 Å². The molecule has 0 aromatic heterocycles. The van der Waals surface area contributed by atoms with Crippen LogP contribution < -0.4 is 15.8 Å². The molecule has 0 aliphatic carbocycles. The summed E-state index contributed by atoms with van der Waals surface area (Å²) in [7, 11) is 0. The van der Waals surface area contributed by atoms with E-state index in [0.717, 1.165) is 24.8 Å². The van der Waals surface area contributed by atoms with Gasteiger partial charge in [-0.15, -0.1) is 0 Å². The highest BCUT2D eigenvalue weighted by atomic mass is 79.9. The molecule has 2 amide bonds. The number of halogens is 1. The number of hydrogen-bond acceptors (Lipinski definition) is 4. The minimum absolute atomic E-state index is 0.153. The number of ether oxygens (including phenoxy) is 1. The molecule has 166 valence electrons. The summed E-state index contributed by atoms with van der Waals surface area (Å²) in [4.78, 5) is 25.8. The Labute approximate surface area is 197 Å². The van der Waals surface area contributed by atoms with Gasteiger partial charge >= 0.3 is 0 Å². The van der Waals surface area contributed by atoms with Gasteiger partial charge < -0.3 is 15.4 Å². The second-order valence-electron chi connectivity index (χ2n) is 7.05. The van der Waals surface area contributed by atoms with Crippen LogP contribution in [0.2, 0.25) is 0 Å². The predicted molar refractivity (Wildman–Crippen MR) is 130 cm³/mol. The number of hydrogen-bond donors (Lipinski definition) is 2. The Morgan fingerprint density at radius 3 is 2.55 bits per heavy atom. The monoisotopic (exact) mass is 505 g/mol. The molecule has 2 aromatic rings. The summed E-state index contributed by atoms with van der Waals surface area (Å²) in [5, 5.41) is 3.03. The van der Waals surface area contributed by atoms with Crippen LogP contribution in [-0.4, -0.2) is 41.5 Å². The summed E-state index contributed by atoms with van der Waals surface area (Å²) in [6.07, 6.45) is 2.89. The number of benzene rings is 2. The molecule has 31 heavy (non-hydrogen) atoms. The normalized spacial score (nSPS) is 10.4. The second-order valence-corrected chi connectivity index (χ2v) is 8.29. The number of carbonyl (C=O) groups excluding carboxylic acids is 2. The second kappa shape index (κ2) is 13.1. The zero-order valence-electron chi connectivity index (χ0n) is 17.6. The molecule has 0 saturated heterocycles. The number of thiocarbonyl (C=S) groups is 1. The van der Waals surface area contributed by atoms with Gasteiger partial charge in [0.2, 0.25) is 5.91 Å². The minimum atomic E-state index is -0.415. The first kappa shape index (κ1) is 24.8. The van der Waals surface area contributed by atoms with Gasteiger partial charge in [-0.25, -0.2) is 0 Å². The van der Waals surface area contributed by atoms with E-state index >= 15 is 0 Å². The molecule has 0 aliphatic heterocycles. The van der Waals surface area contributed by atoms with E-state index in [2.05, 4.69) is 28.2 Å². The lowest BCUT2D eigenvalue weighted by atomic mass is 10.1. The number of amides is 2. The third-order valence-electron chi connectivity index (χ3n) is 4.60. The van der Waals surface area contributed by atoms with Crippen LogP contribution in [0, 0.1) is 0 Å². The zero-order valence-corrected chi connectivity index (χ0v) is 20.0. The minimum Gasteiger partial charge on any atom is -0.492 e. The van der Waals surface area contributed by atoms with Crippen LogP contribution >= 0.6 is 28.1 Å². The van der Waals surface area contributed by atoms with Crippen molar-refractivity contribution >= 4 is 45.1 Å². The molecule has 8 heteroatoms. The van der Waals surface area contributed by atoms with E-state index in [9.17, 15) is 9.59 Å². The van der Waals surface area contributed by atoms with Crippen molar-refractivity contribution in [1.29, 1.82) is 0 Å². The lowest BCUT2D eigenvalue weighted by Gasteiger charge is -2.25. The molecule has 2 aromatic carbocycles. The Hall–Kier alpha value is -2.45. The average molecular weight is 506 g/mol. The van der Waals surface area contributed by atoms with Gasteiger partial charge in [-0.3, -0.25) is 14.9 Å². The van der Waals surface area contributed by atoms with Crippen LogP contribution in [0.3, 0.4) is 0 Å². The van der Waals surface area contributed by atoms with Crippen molar-refractivity contribution in [2.24, 2.45) is 5.73 Å². The van der Waals surface area contributed by atoms with Gasteiger partial charge in [0.05, 0.1) is 11.1 Å².